The van der Waals surface area contributed by atoms with Crippen LogP contribution in [0.2, 0.25) is 0 Å². The number of aliphatic imine (C=N–C) groups is 1. The SMILES string of the molecule is CC(C)(C)CN=CC=N. The van der Waals surface area contributed by atoms with E-state index in [4.69, 9.17) is 5.41 Å². The Morgan fingerprint density at radius 3 is 2.33 bits per heavy atom. The third-order valence-electron chi connectivity index (χ3n) is 0.746. The summed E-state index contributed by atoms with van der Waals surface area (Å²) in [4.78, 5) is 3.99. The van der Waals surface area contributed by atoms with E-state index in [1.54, 1.807) is 0 Å². The highest BCUT2D eigenvalue weighted by atomic mass is 14.7. The molecule has 0 aromatic rings. The van der Waals surface area contributed by atoms with Crippen LogP contribution in [0.15, 0.2) is 4.99 Å². The van der Waals surface area contributed by atoms with Crippen molar-refractivity contribution in [2.45, 2.75) is 20.8 Å². The highest BCUT2D eigenvalue weighted by Gasteiger charge is 2.06. The largest absolute Gasteiger partial charge is 0.307 e. The molecule has 0 aliphatic carbocycles. The first-order valence-electron chi connectivity index (χ1n) is 3.05. The molecule has 0 rings (SSSR count). The first-order valence-corrected chi connectivity index (χ1v) is 3.05. The Kier molecular flexibility index (Phi) is 3.13. The maximum Gasteiger partial charge on any atom is 0.0438 e. The van der Waals surface area contributed by atoms with E-state index in [2.05, 4.69) is 25.8 Å². The zero-order valence-electron chi connectivity index (χ0n) is 6.31. The van der Waals surface area contributed by atoms with Crippen LogP contribution in [0.4, 0.5) is 0 Å². The molecule has 2 nitrogen and oxygen atoms in total. The number of rotatable bonds is 2. The number of hydrogen-bond donors (Lipinski definition) is 1. The van der Waals surface area contributed by atoms with Crippen LogP contribution in [-0.2, 0) is 0 Å². The Bertz CT molecular complexity index is 109. The number of nitrogens with zero attached hydrogens (tertiary/aromatic N) is 1. The molecule has 0 heterocycles. The van der Waals surface area contributed by atoms with Crippen LogP contribution < -0.4 is 0 Å². The van der Waals surface area contributed by atoms with Crippen LogP contribution in [0.1, 0.15) is 20.8 Å². The molecule has 0 saturated heterocycles. The molecule has 0 aromatic carbocycles. The monoisotopic (exact) mass is 126 g/mol. The average Bonchev–Trinajstić information content (AvgIpc) is 1.63. The summed E-state index contributed by atoms with van der Waals surface area (Å²) in [5.74, 6) is 0. The molecular weight excluding hydrogens is 112 g/mol. The molecule has 52 valence electrons. The highest BCUT2D eigenvalue weighted by Crippen LogP contribution is 2.11. The molecule has 9 heavy (non-hydrogen) atoms. The molecule has 0 bridgehead atoms. The molecule has 0 aliphatic rings. The fourth-order valence-corrected chi connectivity index (χ4v) is 0.379. The lowest BCUT2D eigenvalue weighted by molar-refractivity contribution is 0.430. The van der Waals surface area contributed by atoms with Crippen molar-refractivity contribution in [2.75, 3.05) is 6.54 Å². The van der Waals surface area contributed by atoms with Gasteiger partial charge in [0.15, 0.2) is 0 Å². The van der Waals surface area contributed by atoms with E-state index < -0.39 is 0 Å². The second kappa shape index (κ2) is 3.38. The van der Waals surface area contributed by atoms with Crippen molar-refractivity contribution in [3.63, 3.8) is 0 Å². The highest BCUT2D eigenvalue weighted by molar-refractivity contribution is 6.14. The maximum atomic E-state index is 6.64. The quantitative estimate of drug-likeness (QED) is 0.547. The normalized spacial score (nSPS) is 12.3. The van der Waals surface area contributed by atoms with E-state index >= 15 is 0 Å². The summed E-state index contributed by atoms with van der Waals surface area (Å²) >= 11 is 0. The fourth-order valence-electron chi connectivity index (χ4n) is 0.379. The summed E-state index contributed by atoms with van der Waals surface area (Å²) < 4.78 is 0. The van der Waals surface area contributed by atoms with Gasteiger partial charge >= 0.3 is 0 Å². The lowest BCUT2D eigenvalue weighted by Crippen LogP contribution is -2.09. The first kappa shape index (κ1) is 8.34. The van der Waals surface area contributed by atoms with Crippen molar-refractivity contribution in [1.29, 1.82) is 5.41 Å². The molecule has 0 spiro atoms. The molecule has 0 amide bonds. The standard InChI is InChI=1S/C7H14N2/c1-7(2,3)6-9-5-4-8/h4-5,8H,6H2,1-3H3. The smallest absolute Gasteiger partial charge is 0.0438 e. The van der Waals surface area contributed by atoms with Crippen LogP contribution >= 0.6 is 0 Å². The van der Waals surface area contributed by atoms with Crippen molar-refractivity contribution in [3.05, 3.63) is 0 Å². The van der Waals surface area contributed by atoms with E-state index in [-0.39, 0.29) is 5.41 Å². The van der Waals surface area contributed by atoms with Crippen molar-refractivity contribution in [2.24, 2.45) is 10.4 Å². The van der Waals surface area contributed by atoms with Gasteiger partial charge in [-0.15, -0.1) is 0 Å². The van der Waals surface area contributed by atoms with Crippen molar-refractivity contribution < 1.29 is 0 Å². The molecule has 0 atom stereocenters. The molecule has 0 unspecified atom stereocenters. The minimum absolute atomic E-state index is 0.250. The lowest BCUT2D eigenvalue weighted by Gasteiger charge is -2.13. The third kappa shape index (κ3) is 7.34. The van der Waals surface area contributed by atoms with Crippen LogP contribution in [0, 0.1) is 10.8 Å². The Labute approximate surface area is 56.5 Å². The Morgan fingerprint density at radius 2 is 2.00 bits per heavy atom. The van der Waals surface area contributed by atoms with Gasteiger partial charge in [0, 0.05) is 19.0 Å². The third-order valence-corrected chi connectivity index (χ3v) is 0.746. The van der Waals surface area contributed by atoms with Crippen molar-refractivity contribution >= 4 is 12.4 Å². The first-order chi connectivity index (χ1) is 4.06. The summed E-state index contributed by atoms with van der Waals surface area (Å²) in [5, 5.41) is 6.64. The summed E-state index contributed by atoms with van der Waals surface area (Å²) in [6.45, 7) is 7.15. The molecule has 0 aromatic heterocycles. The minimum Gasteiger partial charge on any atom is -0.307 e. The zero-order chi connectivity index (χ0) is 7.33. The van der Waals surface area contributed by atoms with Gasteiger partial charge in [0.1, 0.15) is 0 Å². The summed E-state index contributed by atoms with van der Waals surface area (Å²) in [6.07, 6.45) is 2.72. The van der Waals surface area contributed by atoms with Gasteiger partial charge in [-0.25, -0.2) is 0 Å². The van der Waals surface area contributed by atoms with E-state index in [9.17, 15) is 0 Å². The second-order valence-electron chi connectivity index (χ2n) is 3.22. The van der Waals surface area contributed by atoms with E-state index in [0.29, 0.717) is 0 Å². The number of nitrogens with one attached hydrogen (secondary N) is 1. The van der Waals surface area contributed by atoms with E-state index in [1.807, 2.05) is 0 Å². The molecular formula is C7H14N2. The topological polar surface area (TPSA) is 36.2 Å². The predicted molar refractivity (Wildman–Crippen MR) is 41.6 cm³/mol. The summed E-state index contributed by atoms with van der Waals surface area (Å²) in [6, 6.07) is 0. The molecule has 0 saturated carbocycles. The Hall–Kier alpha value is -0.660. The van der Waals surface area contributed by atoms with Gasteiger partial charge in [-0.05, 0) is 5.41 Å². The van der Waals surface area contributed by atoms with Gasteiger partial charge < -0.3 is 5.41 Å². The average molecular weight is 126 g/mol. The summed E-state index contributed by atoms with van der Waals surface area (Å²) in [5.41, 5.74) is 0.250. The second-order valence-corrected chi connectivity index (χ2v) is 3.22. The van der Waals surface area contributed by atoms with Gasteiger partial charge in [-0.1, -0.05) is 20.8 Å². The lowest BCUT2D eigenvalue weighted by atomic mass is 9.97. The fraction of sp³-hybridized carbons (Fsp3) is 0.714. The van der Waals surface area contributed by atoms with E-state index in [1.165, 1.54) is 12.4 Å². The van der Waals surface area contributed by atoms with E-state index in [0.717, 1.165) is 6.54 Å². The van der Waals surface area contributed by atoms with Crippen molar-refractivity contribution in [3.8, 4) is 0 Å². The van der Waals surface area contributed by atoms with Crippen molar-refractivity contribution in [1.82, 2.24) is 0 Å². The number of hydrogen-bond acceptors (Lipinski definition) is 2. The van der Waals surface area contributed by atoms with Crippen LogP contribution in [0.3, 0.4) is 0 Å². The predicted octanol–water partition coefficient (Wildman–Crippen LogP) is 1.75. The Morgan fingerprint density at radius 1 is 1.44 bits per heavy atom. The maximum absolute atomic E-state index is 6.64. The molecule has 0 fully saturated rings. The molecule has 2 heteroatoms. The minimum atomic E-state index is 0.250. The van der Waals surface area contributed by atoms with Gasteiger partial charge in [0.2, 0.25) is 0 Å². The van der Waals surface area contributed by atoms with Crippen LogP contribution in [-0.4, -0.2) is 19.0 Å². The Balaban J connectivity index is 3.50. The van der Waals surface area contributed by atoms with Gasteiger partial charge in [-0.2, -0.15) is 0 Å². The zero-order valence-corrected chi connectivity index (χ0v) is 6.31. The van der Waals surface area contributed by atoms with Gasteiger partial charge in [-0.3, -0.25) is 4.99 Å². The van der Waals surface area contributed by atoms with Crippen LogP contribution in [0.25, 0.3) is 0 Å². The van der Waals surface area contributed by atoms with Crippen LogP contribution in [0.5, 0.6) is 0 Å². The van der Waals surface area contributed by atoms with Gasteiger partial charge in [0.25, 0.3) is 0 Å². The molecule has 0 aliphatic heterocycles. The summed E-state index contributed by atoms with van der Waals surface area (Å²) in [7, 11) is 0. The van der Waals surface area contributed by atoms with Gasteiger partial charge in [0.05, 0.1) is 0 Å². The molecule has 0 radical (unpaired) electrons. The molecule has 1 N–H and O–H groups in total.